The number of nitrogens with zero attached hydrogens (tertiary/aromatic N) is 1. The van der Waals surface area contributed by atoms with E-state index in [1.807, 2.05) is 0 Å². The van der Waals surface area contributed by atoms with E-state index >= 15 is 0 Å². The predicted octanol–water partition coefficient (Wildman–Crippen LogP) is 0.176. The van der Waals surface area contributed by atoms with Crippen molar-refractivity contribution in [1.82, 2.24) is 10.2 Å². The number of Topliss-reactive ketones (excluding diaryl/α,β-unsaturated/α-hetero) is 1. The monoisotopic (exact) mass is 198 g/mol. The van der Waals surface area contributed by atoms with Gasteiger partial charge in [-0.3, -0.25) is 9.59 Å². The molecule has 1 fully saturated rings. The average molecular weight is 198 g/mol. The lowest BCUT2D eigenvalue weighted by molar-refractivity contribution is -0.120. The van der Waals surface area contributed by atoms with Crippen LogP contribution in [0.15, 0.2) is 0 Å². The molecule has 0 saturated carbocycles. The van der Waals surface area contributed by atoms with Gasteiger partial charge < -0.3 is 10.2 Å². The Kier molecular flexibility index (Phi) is 4.07. The standard InChI is InChI=1S/C10H18N2O2/c1-8(13)3-5-12-6-4-10(7-12)11-9(2)14/h10H,3-7H2,1-2H3,(H,11,14). The van der Waals surface area contributed by atoms with Gasteiger partial charge in [-0.1, -0.05) is 0 Å². The van der Waals surface area contributed by atoms with E-state index in [1.165, 1.54) is 6.92 Å². The molecule has 80 valence electrons. The summed E-state index contributed by atoms with van der Waals surface area (Å²) in [6.07, 6.45) is 1.62. The lowest BCUT2D eigenvalue weighted by atomic mass is 10.2. The van der Waals surface area contributed by atoms with Crippen molar-refractivity contribution in [3.8, 4) is 0 Å². The van der Waals surface area contributed by atoms with Gasteiger partial charge in [-0.15, -0.1) is 0 Å². The van der Waals surface area contributed by atoms with E-state index in [4.69, 9.17) is 0 Å². The first kappa shape index (κ1) is 11.2. The first-order valence-corrected chi connectivity index (χ1v) is 5.07. The van der Waals surface area contributed by atoms with Gasteiger partial charge in [0.15, 0.2) is 0 Å². The van der Waals surface area contributed by atoms with Gasteiger partial charge in [-0.25, -0.2) is 0 Å². The van der Waals surface area contributed by atoms with Gasteiger partial charge in [0, 0.05) is 39.0 Å². The summed E-state index contributed by atoms with van der Waals surface area (Å²) in [5, 5.41) is 2.89. The maximum atomic E-state index is 10.8. The summed E-state index contributed by atoms with van der Waals surface area (Å²) >= 11 is 0. The summed E-state index contributed by atoms with van der Waals surface area (Å²) in [5.74, 6) is 0.261. The number of carbonyl (C=O) groups excluding carboxylic acids is 2. The van der Waals surface area contributed by atoms with Crippen molar-refractivity contribution in [2.45, 2.75) is 32.7 Å². The van der Waals surface area contributed by atoms with E-state index in [0.717, 1.165) is 26.1 Å². The van der Waals surface area contributed by atoms with E-state index in [-0.39, 0.29) is 17.7 Å². The minimum absolute atomic E-state index is 0.0309. The first-order valence-electron chi connectivity index (χ1n) is 5.07. The molecule has 0 aromatic heterocycles. The van der Waals surface area contributed by atoms with Crippen LogP contribution in [0.5, 0.6) is 0 Å². The molecule has 1 amide bonds. The molecule has 0 aromatic rings. The van der Waals surface area contributed by atoms with Crippen molar-refractivity contribution in [2.24, 2.45) is 0 Å². The third-order valence-corrected chi connectivity index (χ3v) is 2.46. The Bertz CT molecular complexity index is 228. The molecule has 4 nitrogen and oxygen atoms in total. The Labute approximate surface area is 84.7 Å². The summed E-state index contributed by atoms with van der Waals surface area (Å²) in [7, 11) is 0. The highest BCUT2D eigenvalue weighted by Gasteiger charge is 2.22. The molecule has 1 heterocycles. The lowest BCUT2D eigenvalue weighted by Gasteiger charge is -2.15. The molecule has 0 bridgehead atoms. The second-order valence-corrected chi connectivity index (χ2v) is 3.94. The Morgan fingerprint density at radius 2 is 2.14 bits per heavy atom. The van der Waals surface area contributed by atoms with Crippen molar-refractivity contribution in [3.05, 3.63) is 0 Å². The quantitative estimate of drug-likeness (QED) is 0.701. The maximum Gasteiger partial charge on any atom is 0.217 e. The molecule has 1 saturated heterocycles. The molecule has 0 aromatic carbocycles. The third-order valence-electron chi connectivity index (χ3n) is 2.46. The Hall–Kier alpha value is -0.900. The van der Waals surface area contributed by atoms with Crippen LogP contribution in [0, 0.1) is 0 Å². The second kappa shape index (κ2) is 5.10. The largest absolute Gasteiger partial charge is 0.352 e. The van der Waals surface area contributed by atoms with Gasteiger partial charge in [-0.2, -0.15) is 0 Å². The zero-order valence-corrected chi connectivity index (χ0v) is 8.88. The van der Waals surface area contributed by atoms with Crippen molar-refractivity contribution < 1.29 is 9.59 Å². The van der Waals surface area contributed by atoms with Gasteiger partial charge in [0.05, 0.1) is 0 Å². The van der Waals surface area contributed by atoms with Crippen LogP contribution in [0.4, 0.5) is 0 Å². The summed E-state index contributed by atoms with van der Waals surface area (Å²) in [4.78, 5) is 23.8. The molecule has 1 rings (SSSR count). The normalized spacial score (nSPS) is 22.3. The molecule has 1 aliphatic heterocycles. The molecular weight excluding hydrogens is 180 g/mol. The SMILES string of the molecule is CC(=O)CCN1CCC(NC(C)=O)C1. The van der Waals surface area contributed by atoms with E-state index in [2.05, 4.69) is 10.2 Å². The molecule has 0 radical (unpaired) electrons. The summed E-state index contributed by atoms with van der Waals surface area (Å²) in [6.45, 7) is 5.84. The minimum Gasteiger partial charge on any atom is -0.352 e. The highest BCUT2D eigenvalue weighted by atomic mass is 16.1. The molecule has 1 unspecified atom stereocenters. The van der Waals surface area contributed by atoms with Gasteiger partial charge in [0.2, 0.25) is 5.91 Å². The number of hydrogen-bond acceptors (Lipinski definition) is 3. The highest BCUT2D eigenvalue weighted by Crippen LogP contribution is 2.09. The van der Waals surface area contributed by atoms with E-state index in [9.17, 15) is 9.59 Å². The fraction of sp³-hybridized carbons (Fsp3) is 0.800. The third kappa shape index (κ3) is 3.87. The van der Waals surface area contributed by atoms with E-state index < -0.39 is 0 Å². The van der Waals surface area contributed by atoms with Crippen LogP contribution in [-0.4, -0.2) is 42.3 Å². The zero-order valence-electron chi connectivity index (χ0n) is 8.88. The van der Waals surface area contributed by atoms with Crippen LogP contribution in [0.1, 0.15) is 26.7 Å². The van der Waals surface area contributed by atoms with Crippen LogP contribution in [0.2, 0.25) is 0 Å². The smallest absolute Gasteiger partial charge is 0.217 e. The summed E-state index contributed by atoms with van der Waals surface area (Å²) < 4.78 is 0. The molecule has 1 N–H and O–H groups in total. The van der Waals surface area contributed by atoms with Crippen molar-refractivity contribution >= 4 is 11.7 Å². The second-order valence-electron chi connectivity index (χ2n) is 3.94. The number of nitrogens with one attached hydrogen (secondary N) is 1. The number of carbonyl (C=O) groups is 2. The van der Waals surface area contributed by atoms with Crippen molar-refractivity contribution in [3.63, 3.8) is 0 Å². The molecular formula is C10H18N2O2. The van der Waals surface area contributed by atoms with Crippen LogP contribution >= 0.6 is 0 Å². The minimum atomic E-state index is 0.0309. The summed E-state index contributed by atoms with van der Waals surface area (Å²) in [5.41, 5.74) is 0. The fourth-order valence-electron chi connectivity index (χ4n) is 1.76. The van der Waals surface area contributed by atoms with Gasteiger partial charge in [-0.05, 0) is 13.3 Å². The topological polar surface area (TPSA) is 49.4 Å². The Morgan fingerprint density at radius 1 is 1.43 bits per heavy atom. The predicted molar refractivity (Wildman–Crippen MR) is 54.0 cm³/mol. The molecule has 0 spiro atoms. The zero-order chi connectivity index (χ0) is 10.6. The van der Waals surface area contributed by atoms with Crippen molar-refractivity contribution in [2.75, 3.05) is 19.6 Å². The van der Waals surface area contributed by atoms with Gasteiger partial charge >= 0.3 is 0 Å². The Morgan fingerprint density at radius 3 is 2.71 bits per heavy atom. The van der Waals surface area contributed by atoms with Crippen LogP contribution in [0.25, 0.3) is 0 Å². The average Bonchev–Trinajstić information content (AvgIpc) is 2.47. The molecule has 1 aliphatic rings. The number of rotatable bonds is 4. The number of hydrogen-bond donors (Lipinski definition) is 1. The lowest BCUT2D eigenvalue weighted by Crippen LogP contribution is -2.35. The van der Waals surface area contributed by atoms with Gasteiger partial charge in [0.25, 0.3) is 0 Å². The molecule has 14 heavy (non-hydrogen) atoms. The first-order chi connectivity index (χ1) is 6.58. The van der Waals surface area contributed by atoms with E-state index in [0.29, 0.717) is 6.42 Å². The number of likely N-dealkylation sites (tertiary alicyclic amines) is 1. The van der Waals surface area contributed by atoms with Crippen LogP contribution < -0.4 is 5.32 Å². The molecule has 4 heteroatoms. The number of amides is 1. The van der Waals surface area contributed by atoms with Crippen LogP contribution in [-0.2, 0) is 9.59 Å². The molecule has 0 aliphatic carbocycles. The maximum absolute atomic E-state index is 10.8. The van der Waals surface area contributed by atoms with Crippen molar-refractivity contribution in [1.29, 1.82) is 0 Å². The Balaban J connectivity index is 2.20. The highest BCUT2D eigenvalue weighted by molar-refractivity contribution is 5.75. The fourth-order valence-corrected chi connectivity index (χ4v) is 1.76. The number of ketones is 1. The summed E-state index contributed by atoms with van der Waals surface area (Å²) in [6, 6.07) is 0.277. The van der Waals surface area contributed by atoms with Gasteiger partial charge in [0.1, 0.15) is 5.78 Å². The van der Waals surface area contributed by atoms with E-state index in [1.54, 1.807) is 6.92 Å². The van der Waals surface area contributed by atoms with Crippen LogP contribution in [0.3, 0.4) is 0 Å². The molecule has 1 atom stereocenters.